The second-order valence-electron chi connectivity index (χ2n) is 6.81. The van der Waals surface area contributed by atoms with Gasteiger partial charge in [-0.3, -0.25) is 0 Å². The molecule has 2 heterocycles. The number of rotatable bonds is 3. The van der Waals surface area contributed by atoms with Crippen molar-refractivity contribution in [2.24, 2.45) is 0 Å². The predicted octanol–water partition coefficient (Wildman–Crippen LogP) is 6.40. The van der Waals surface area contributed by atoms with Gasteiger partial charge in [-0.15, -0.1) is 0 Å². The first-order chi connectivity index (χ1) is 12.8. The van der Waals surface area contributed by atoms with E-state index in [0.717, 1.165) is 33.6 Å². The first kappa shape index (κ1) is 15.5. The Morgan fingerprint density at radius 2 is 2.00 bits per heavy atom. The summed E-state index contributed by atoms with van der Waals surface area (Å²) in [6.07, 6.45) is 9.19. The molecule has 4 aromatic rings. The Balaban J connectivity index is 1.47. The summed E-state index contributed by atoms with van der Waals surface area (Å²) in [5.41, 5.74) is 6.65. The molecule has 0 aliphatic heterocycles. The lowest BCUT2D eigenvalue weighted by atomic mass is 9.93. The summed E-state index contributed by atoms with van der Waals surface area (Å²) in [5, 5.41) is 5.07. The van der Waals surface area contributed by atoms with E-state index in [1.54, 1.807) is 0 Å². The number of H-pyrrole nitrogens is 2. The fourth-order valence-electron chi connectivity index (χ4n) is 3.70. The molecule has 0 spiro atoms. The molecule has 130 valence electrons. The van der Waals surface area contributed by atoms with Crippen LogP contribution in [-0.2, 0) is 0 Å². The van der Waals surface area contributed by atoms with Crippen molar-refractivity contribution in [3.8, 4) is 0 Å². The van der Waals surface area contributed by atoms with Crippen LogP contribution in [0, 0.1) is 0 Å². The number of halogens is 1. The fourth-order valence-corrected chi connectivity index (χ4v) is 3.98. The van der Waals surface area contributed by atoms with E-state index < -0.39 is 0 Å². The third kappa shape index (κ3) is 2.76. The zero-order chi connectivity index (χ0) is 17.5. The highest BCUT2D eigenvalue weighted by molar-refractivity contribution is 6.35. The molecule has 0 unspecified atom stereocenters. The summed E-state index contributed by atoms with van der Waals surface area (Å²) in [6, 6.07) is 12.4. The van der Waals surface area contributed by atoms with Gasteiger partial charge in [0.1, 0.15) is 0 Å². The van der Waals surface area contributed by atoms with Crippen LogP contribution in [0.3, 0.4) is 0 Å². The maximum atomic E-state index is 6.36. The Labute approximate surface area is 156 Å². The SMILES string of the molecule is Clc1cc(Nc2nc3ccc(C4=CCCCC4)cc3[nH]2)cc2[nH]ccc12. The Morgan fingerprint density at radius 3 is 2.88 bits per heavy atom. The predicted molar refractivity (Wildman–Crippen MR) is 109 cm³/mol. The first-order valence-corrected chi connectivity index (χ1v) is 9.37. The highest BCUT2D eigenvalue weighted by atomic mass is 35.5. The van der Waals surface area contributed by atoms with Gasteiger partial charge >= 0.3 is 0 Å². The van der Waals surface area contributed by atoms with Crippen LogP contribution in [0.1, 0.15) is 31.2 Å². The standard InChI is InChI=1S/C21H19ClN4/c22-17-11-15(12-19-16(17)8-9-23-19)24-21-25-18-7-6-14(10-20(18)26-21)13-4-2-1-3-5-13/h4,6-12,23H,1-3,5H2,(H2,24,25,26). The number of nitrogens with one attached hydrogen (secondary N) is 3. The fraction of sp³-hybridized carbons (Fsp3) is 0.190. The minimum Gasteiger partial charge on any atom is -0.361 e. The monoisotopic (exact) mass is 362 g/mol. The Hall–Kier alpha value is -2.72. The van der Waals surface area contributed by atoms with E-state index in [-0.39, 0.29) is 0 Å². The van der Waals surface area contributed by atoms with Crippen molar-refractivity contribution >= 4 is 50.7 Å². The number of hydrogen-bond donors (Lipinski definition) is 3. The van der Waals surface area contributed by atoms with Gasteiger partial charge in [-0.05, 0) is 67.2 Å². The van der Waals surface area contributed by atoms with Crippen LogP contribution in [0.15, 0.2) is 48.7 Å². The van der Waals surface area contributed by atoms with E-state index >= 15 is 0 Å². The third-order valence-corrected chi connectivity index (χ3v) is 5.34. The molecule has 3 N–H and O–H groups in total. The van der Waals surface area contributed by atoms with Crippen LogP contribution in [0.2, 0.25) is 5.02 Å². The quantitative estimate of drug-likeness (QED) is 0.395. The van der Waals surface area contributed by atoms with Crippen LogP contribution in [0.4, 0.5) is 11.6 Å². The van der Waals surface area contributed by atoms with E-state index in [1.807, 2.05) is 24.4 Å². The second-order valence-corrected chi connectivity index (χ2v) is 7.22. The first-order valence-electron chi connectivity index (χ1n) is 8.99. The molecular weight excluding hydrogens is 344 g/mol. The Morgan fingerprint density at radius 1 is 1.04 bits per heavy atom. The van der Waals surface area contributed by atoms with Crippen molar-refractivity contribution < 1.29 is 0 Å². The summed E-state index contributed by atoms with van der Waals surface area (Å²) < 4.78 is 0. The largest absolute Gasteiger partial charge is 0.361 e. The lowest BCUT2D eigenvalue weighted by Crippen LogP contribution is -1.92. The van der Waals surface area contributed by atoms with Gasteiger partial charge in [-0.25, -0.2) is 4.98 Å². The van der Waals surface area contributed by atoms with Gasteiger partial charge in [0.25, 0.3) is 0 Å². The van der Waals surface area contributed by atoms with Crippen LogP contribution >= 0.6 is 11.6 Å². The van der Waals surface area contributed by atoms with E-state index in [4.69, 9.17) is 11.6 Å². The van der Waals surface area contributed by atoms with Gasteiger partial charge in [-0.2, -0.15) is 0 Å². The summed E-state index contributed by atoms with van der Waals surface area (Å²) >= 11 is 6.36. The highest BCUT2D eigenvalue weighted by Gasteiger charge is 2.10. The van der Waals surface area contributed by atoms with E-state index in [2.05, 4.69) is 44.5 Å². The topological polar surface area (TPSA) is 56.5 Å². The maximum absolute atomic E-state index is 6.36. The van der Waals surface area contributed by atoms with Gasteiger partial charge in [0, 0.05) is 22.8 Å². The minimum atomic E-state index is 0.717. The smallest absolute Gasteiger partial charge is 0.205 e. The van der Waals surface area contributed by atoms with Gasteiger partial charge in [0.05, 0.1) is 16.1 Å². The molecule has 26 heavy (non-hydrogen) atoms. The van der Waals surface area contributed by atoms with E-state index in [9.17, 15) is 0 Å². The van der Waals surface area contributed by atoms with E-state index in [0.29, 0.717) is 5.02 Å². The number of nitrogens with zero attached hydrogens (tertiary/aromatic N) is 1. The molecule has 5 rings (SSSR count). The van der Waals surface area contributed by atoms with Crippen molar-refractivity contribution in [3.63, 3.8) is 0 Å². The van der Waals surface area contributed by atoms with Crippen LogP contribution in [0.25, 0.3) is 27.5 Å². The maximum Gasteiger partial charge on any atom is 0.205 e. The van der Waals surface area contributed by atoms with Crippen molar-refractivity contribution in [2.45, 2.75) is 25.7 Å². The summed E-state index contributed by atoms with van der Waals surface area (Å²) in [4.78, 5) is 11.2. The van der Waals surface area contributed by atoms with Crippen molar-refractivity contribution in [1.82, 2.24) is 15.0 Å². The highest BCUT2D eigenvalue weighted by Crippen LogP contribution is 2.31. The van der Waals surface area contributed by atoms with Crippen LogP contribution < -0.4 is 5.32 Å². The number of aromatic nitrogens is 3. The molecule has 1 aliphatic rings. The number of anilines is 2. The number of benzene rings is 2. The molecule has 0 radical (unpaired) electrons. The summed E-state index contributed by atoms with van der Waals surface area (Å²) in [7, 11) is 0. The molecule has 2 aromatic carbocycles. The van der Waals surface area contributed by atoms with Gasteiger partial charge in [0.2, 0.25) is 5.95 Å². The normalized spacial score (nSPS) is 14.7. The van der Waals surface area contributed by atoms with Gasteiger partial charge in [-0.1, -0.05) is 23.7 Å². The number of hydrogen-bond acceptors (Lipinski definition) is 2. The lowest BCUT2D eigenvalue weighted by molar-refractivity contribution is 0.742. The molecule has 0 fully saturated rings. The van der Waals surface area contributed by atoms with Crippen LogP contribution in [0.5, 0.6) is 0 Å². The number of allylic oxidation sites excluding steroid dienone is 2. The number of imidazole rings is 1. The summed E-state index contributed by atoms with van der Waals surface area (Å²) in [5.74, 6) is 0.719. The Bertz CT molecular complexity index is 1140. The average molecular weight is 363 g/mol. The van der Waals surface area contributed by atoms with E-state index in [1.165, 1.54) is 36.8 Å². The molecule has 0 atom stereocenters. The molecule has 0 saturated heterocycles. The third-order valence-electron chi connectivity index (χ3n) is 5.02. The molecule has 5 heteroatoms. The van der Waals surface area contributed by atoms with Gasteiger partial charge < -0.3 is 15.3 Å². The molecular formula is C21H19ClN4. The average Bonchev–Trinajstić information content (AvgIpc) is 3.28. The number of aromatic amines is 2. The van der Waals surface area contributed by atoms with Crippen molar-refractivity contribution in [3.05, 3.63) is 59.3 Å². The molecule has 0 saturated carbocycles. The van der Waals surface area contributed by atoms with Crippen molar-refractivity contribution in [1.29, 1.82) is 0 Å². The van der Waals surface area contributed by atoms with Gasteiger partial charge in [0.15, 0.2) is 0 Å². The number of fused-ring (bicyclic) bond motifs is 2. The molecule has 4 nitrogen and oxygen atoms in total. The zero-order valence-corrected chi connectivity index (χ0v) is 15.0. The van der Waals surface area contributed by atoms with Crippen LogP contribution in [-0.4, -0.2) is 15.0 Å². The molecule has 1 aliphatic carbocycles. The zero-order valence-electron chi connectivity index (χ0n) is 14.3. The lowest BCUT2D eigenvalue weighted by Gasteiger charge is -2.12. The summed E-state index contributed by atoms with van der Waals surface area (Å²) in [6.45, 7) is 0. The molecule has 2 aromatic heterocycles. The Kier molecular flexibility index (Phi) is 3.71. The van der Waals surface area contributed by atoms with Crippen molar-refractivity contribution in [2.75, 3.05) is 5.32 Å². The molecule has 0 amide bonds. The molecule has 0 bridgehead atoms. The second kappa shape index (κ2) is 6.22. The minimum absolute atomic E-state index is 0.717.